The Bertz CT molecular complexity index is 930. The van der Waals surface area contributed by atoms with E-state index in [2.05, 4.69) is 5.10 Å². The first-order chi connectivity index (χ1) is 12.2. The third-order valence-corrected chi connectivity index (χ3v) is 6.81. The Hall–Kier alpha value is -2.26. The van der Waals surface area contributed by atoms with E-state index in [-0.39, 0.29) is 37.0 Å². The van der Waals surface area contributed by atoms with E-state index in [1.807, 2.05) is 0 Å². The summed E-state index contributed by atoms with van der Waals surface area (Å²) >= 11 is 0. The number of sulfonamides is 1. The van der Waals surface area contributed by atoms with Gasteiger partial charge in [0, 0.05) is 38.8 Å². The van der Waals surface area contributed by atoms with Crippen molar-refractivity contribution in [3.63, 3.8) is 0 Å². The minimum Gasteiger partial charge on any atom is -0.336 e. The fourth-order valence-corrected chi connectivity index (χ4v) is 4.98. The predicted octanol–water partition coefficient (Wildman–Crippen LogP) is 1.32. The van der Waals surface area contributed by atoms with Crippen molar-refractivity contribution in [1.29, 1.82) is 0 Å². The Labute approximate surface area is 152 Å². The zero-order valence-electron chi connectivity index (χ0n) is 14.9. The molecule has 9 heteroatoms. The summed E-state index contributed by atoms with van der Waals surface area (Å²) in [5.74, 6) is -0.629. The molecular weight excluding hydrogens is 359 g/mol. The molecule has 0 bridgehead atoms. The number of carbonyl (C=O) groups excluding carboxylic acids is 1. The van der Waals surface area contributed by atoms with E-state index < -0.39 is 15.8 Å². The van der Waals surface area contributed by atoms with E-state index in [9.17, 15) is 17.6 Å². The van der Waals surface area contributed by atoms with Crippen LogP contribution >= 0.6 is 0 Å². The Morgan fingerprint density at radius 1 is 1.08 bits per heavy atom. The second-order valence-corrected chi connectivity index (χ2v) is 8.20. The van der Waals surface area contributed by atoms with Crippen molar-refractivity contribution < 1.29 is 17.6 Å². The molecule has 1 fully saturated rings. The summed E-state index contributed by atoms with van der Waals surface area (Å²) < 4.78 is 41.8. The van der Waals surface area contributed by atoms with Crippen LogP contribution in [-0.2, 0) is 17.1 Å². The van der Waals surface area contributed by atoms with Gasteiger partial charge in [-0.2, -0.15) is 9.40 Å². The van der Waals surface area contributed by atoms with Crippen LogP contribution in [0.4, 0.5) is 4.39 Å². The van der Waals surface area contributed by atoms with Crippen molar-refractivity contribution in [2.45, 2.75) is 18.7 Å². The van der Waals surface area contributed by atoms with Crippen LogP contribution in [0.1, 0.15) is 21.7 Å². The largest absolute Gasteiger partial charge is 0.336 e. The predicted molar refractivity (Wildman–Crippen MR) is 93.7 cm³/mol. The van der Waals surface area contributed by atoms with Gasteiger partial charge in [-0.05, 0) is 38.1 Å². The number of rotatable bonds is 3. The number of hydrogen-bond acceptors (Lipinski definition) is 4. The average molecular weight is 380 g/mol. The third kappa shape index (κ3) is 3.24. The molecule has 7 nitrogen and oxygen atoms in total. The van der Waals surface area contributed by atoms with Gasteiger partial charge in [0.1, 0.15) is 10.7 Å². The molecule has 1 aromatic carbocycles. The number of aromatic nitrogens is 2. The third-order valence-electron chi connectivity index (χ3n) is 4.66. The van der Waals surface area contributed by atoms with Crippen LogP contribution in [0.25, 0.3) is 0 Å². The van der Waals surface area contributed by atoms with Gasteiger partial charge < -0.3 is 4.90 Å². The summed E-state index contributed by atoms with van der Waals surface area (Å²) in [5.41, 5.74) is 1.45. The summed E-state index contributed by atoms with van der Waals surface area (Å²) in [6, 6.07) is 5.34. The van der Waals surface area contributed by atoms with Gasteiger partial charge in [-0.25, -0.2) is 12.8 Å². The van der Waals surface area contributed by atoms with Crippen molar-refractivity contribution in [3.8, 4) is 0 Å². The van der Waals surface area contributed by atoms with Crippen LogP contribution in [0.15, 0.2) is 29.2 Å². The smallest absolute Gasteiger partial charge is 0.253 e. The molecule has 0 spiro atoms. The lowest BCUT2D eigenvalue weighted by atomic mass is 10.2. The average Bonchev–Trinajstić information content (AvgIpc) is 2.87. The Balaban J connectivity index is 1.73. The zero-order chi connectivity index (χ0) is 19.1. The summed E-state index contributed by atoms with van der Waals surface area (Å²) in [4.78, 5) is 14.3. The Morgan fingerprint density at radius 2 is 1.65 bits per heavy atom. The molecule has 0 saturated carbocycles. The van der Waals surface area contributed by atoms with Crippen molar-refractivity contribution >= 4 is 15.9 Å². The van der Waals surface area contributed by atoms with Crippen LogP contribution in [0, 0.1) is 19.7 Å². The first-order valence-electron chi connectivity index (χ1n) is 8.27. The molecule has 0 unspecified atom stereocenters. The van der Waals surface area contributed by atoms with Gasteiger partial charge in [0.25, 0.3) is 5.91 Å². The summed E-state index contributed by atoms with van der Waals surface area (Å²) in [6.07, 6.45) is 0. The fourth-order valence-electron chi connectivity index (χ4n) is 3.16. The maximum absolute atomic E-state index is 13.0. The van der Waals surface area contributed by atoms with E-state index in [1.54, 1.807) is 30.5 Å². The minimum absolute atomic E-state index is 0.211. The summed E-state index contributed by atoms with van der Waals surface area (Å²) in [7, 11) is -1.95. The molecule has 1 saturated heterocycles. The van der Waals surface area contributed by atoms with E-state index in [0.717, 1.165) is 0 Å². The van der Waals surface area contributed by atoms with Crippen LogP contribution in [0.3, 0.4) is 0 Å². The molecule has 2 aromatic rings. The van der Waals surface area contributed by atoms with Crippen molar-refractivity contribution in [2.24, 2.45) is 7.05 Å². The number of aryl methyl sites for hydroxylation is 2. The standard InChI is InChI=1S/C17H21FN4O3S/c1-12-16(13(2)20(3)19-12)26(24,25)22-10-8-21(9-11-22)17(23)14-4-6-15(18)7-5-14/h4-7H,8-11H2,1-3H3. The van der Waals surface area contributed by atoms with Gasteiger partial charge in [-0.1, -0.05) is 0 Å². The first kappa shape index (κ1) is 18.5. The number of piperazine rings is 1. The lowest BCUT2D eigenvalue weighted by molar-refractivity contribution is 0.0698. The highest BCUT2D eigenvalue weighted by Crippen LogP contribution is 2.24. The molecule has 2 heterocycles. The number of hydrogen-bond donors (Lipinski definition) is 0. The Morgan fingerprint density at radius 3 is 2.15 bits per heavy atom. The van der Waals surface area contributed by atoms with E-state index in [4.69, 9.17) is 0 Å². The minimum atomic E-state index is -3.66. The molecule has 1 amide bonds. The highest BCUT2D eigenvalue weighted by atomic mass is 32.2. The van der Waals surface area contributed by atoms with Gasteiger partial charge in [-0.3, -0.25) is 9.48 Å². The molecule has 1 aromatic heterocycles. The lowest BCUT2D eigenvalue weighted by Gasteiger charge is -2.34. The highest BCUT2D eigenvalue weighted by molar-refractivity contribution is 7.89. The number of amides is 1. The number of benzene rings is 1. The van der Waals surface area contributed by atoms with E-state index >= 15 is 0 Å². The quantitative estimate of drug-likeness (QED) is 0.805. The normalized spacial score (nSPS) is 16.1. The van der Waals surface area contributed by atoms with E-state index in [1.165, 1.54) is 28.6 Å². The molecule has 1 aliphatic rings. The van der Waals surface area contributed by atoms with Crippen LogP contribution in [0.2, 0.25) is 0 Å². The molecule has 140 valence electrons. The SMILES string of the molecule is Cc1nn(C)c(C)c1S(=O)(=O)N1CCN(C(=O)c2ccc(F)cc2)CC1. The van der Waals surface area contributed by atoms with Gasteiger partial charge in [0.05, 0.1) is 11.4 Å². The summed E-state index contributed by atoms with van der Waals surface area (Å²) in [6.45, 7) is 4.39. The Kier molecular flexibility index (Phi) is 4.85. The maximum atomic E-state index is 13.0. The molecular formula is C17H21FN4O3S. The highest BCUT2D eigenvalue weighted by Gasteiger charge is 2.34. The number of nitrogens with zero attached hydrogens (tertiary/aromatic N) is 4. The molecule has 0 radical (unpaired) electrons. The van der Waals surface area contributed by atoms with Crippen molar-refractivity contribution in [1.82, 2.24) is 19.0 Å². The lowest BCUT2D eigenvalue weighted by Crippen LogP contribution is -2.50. The topological polar surface area (TPSA) is 75.5 Å². The molecule has 0 atom stereocenters. The van der Waals surface area contributed by atoms with Crippen LogP contribution in [-0.4, -0.2) is 59.5 Å². The monoisotopic (exact) mass is 380 g/mol. The first-order valence-corrected chi connectivity index (χ1v) is 9.71. The second-order valence-electron chi connectivity index (χ2n) is 6.33. The van der Waals surface area contributed by atoms with Crippen LogP contribution in [0.5, 0.6) is 0 Å². The molecule has 3 rings (SSSR count). The maximum Gasteiger partial charge on any atom is 0.253 e. The molecule has 0 aliphatic carbocycles. The van der Waals surface area contributed by atoms with E-state index in [0.29, 0.717) is 17.0 Å². The number of halogens is 1. The zero-order valence-corrected chi connectivity index (χ0v) is 15.8. The fraction of sp³-hybridized carbons (Fsp3) is 0.412. The molecule has 0 N–H and O–H groups in total. The molecule has 26 heavy (non-hydrogen) atoms. The van der Waals surface area contributed by atoms with Gasteiger partial charge in [0.2, 0.25) is 10.0 Å². The van der Waals surface area contributed by atoms with Crippen LogP contribution < -0.4 is 0 Å². The van der Waals surface area contributed by atoms with Gasteiger partial charge >= 0.3 is 0 Å². The summed E-state index contributed by atoms with van der Waals surface area (Å²) in [5, 5.41) is 4.18. The van der Waals surface area contributed by atoms with Crippen molar-refractivity contribution in [3.05, 3.63) is 47.0 Å². The van der Waals surface area contributed by atoms with Gasteiger partial charge in [-0.15, -0.1) is 0 Å². The van der Waals surface area contributed by atoms with Crippen molar-refractivity contribution in [2.75, 3.05) is 26.2 Å². The molecule has 1 aliphatic heterocycles. The van der Waals surface area contributed by atoms with Gasteiger partial charge in [0.15, 0.2) is 0 Å². The second kappa shape index (κ2) is 6.81. The number of carbonyl (C=O) groups is 1.